The van der Waals surface area contributed by atoms with Crippen LogP contribution in [0.3, 0.4) is 0 Å². The monoisotopic (exact) mass is 326 g/mol. The lowest BCUT2D eigenvalue weighted by Gasteiger charge is -2.13. The summed E-state index contributed by atoms with van der Waals surface area (Å²) in [6.07, 6.45) is 21.6. The summed E-state index contributed by atoms with van der Waals surface area (Å²) in [6.45, 7) is 4.43. The zero-order valence-corrected chi connectivity index (χ0v) is 16.0. The average molecular weight is 327 g/mol. The van der Waals surface area contributed by atoms with Crippen molar-refractivity contribution in [2.45, 2.75) is 123 Å². The Hall–Kier alpha value is -0.530. The van der Waals surface area contributed by atoms with Crippen molar-refractivity contribution in [3.05, 3.63) is 0 Å². The number of carboxylic acid groups (broad SMARTS) is 1. The van der Waals surface area contributed by atoms with Gasteiger partial charge in [-0.2, -0.15) is 0 Å². The molecular formula is C21H42O2. The van der Waals surface area contributed by atoms with Crippen LogP contribution in [0, 0.1) is 5.92 Å². The summed E-state index contributed by atoms with van der Waals surface area (Å²) in [4.78, 5) is 10.8. The van der Waals surface area contributed by atoms with Gasteiger partial charge in [0, 0.05) is 6.42 Å². The zero-order chi connectivity index (χ0) is 17.2. The van der Waals surface area contributed by atoms with E-state index in [0.717, 1.165) is 19.3 Å². The van der Waals surface area contributed by atoms with Crippen molar-refractivity contribution in [3.63, 3.8) is 0 Å². The van der Waals surface area contributed by atoms with E-state index in [1.807, 2.05) is 0 Å². The predicted molar refractivity (Wildman–Crippen MR) is 101 cm³/mol. The first-order valence-electron chi connectivity index (χ1n) is 10.4. The maximum Gasteiger partial charge on any atom is 0.303 e. The van der Waals surface area contributed by atoms with Crippen LogP contribution in [0.4, 0.5) is 0 Å². The van der Waals surface area contributed by atoms with E-state index in [-0.39, 0.29) is 0 Å². The SMILES string of the molecule is CCCCCCCCCCCCCCCC(CCC)CC(=O)O. The summed E-state index contributed by atoms with van der Waals surface area (Å²) in [5.41, 5.74) is 0. The van der Waals surface area contributed by atoms with E-state index in [9.17, 15) is 4.79 Å². The number of unbranched alkanes of at least 4 members (excludes halogenated alkanes) is 12. The molecular weight excluding hydrogens is 284 g/mol. The quantitative estimate of drug-likeness (QED) is 0.267. The largest absolute Gasteiger partial charge is 0.481 e. The molecule has 0 heterocycles. The molecule has 2 heteroatoms. The number of hydrogen-bond donors (Lipinski definition) is 1. The molecule has 0 aromatic rings. The number of carboxylic acids is 1. The van der Waals surface area contributed by atoms with Gasteiger partial charge in [0.25, 0.3) is 0 Å². The maximum atomic E-state index is 10.8. The number of aliphatic carboxylic acids is 1. The van der Waals surface area contributed by atoms with Crippen LogP contribution in [0.2, 0.25) is 0 Å². The van der Waals surface area contributed by atoms with Crippen LogP contribution < -0.4 is 0 Å². The van der Waals surface area contributed by atoms with Gasteiger partial charge in [0.2, 0.25) is 0 Å². The second-order valence-corrected chi connectivity index (χ2v) is 7.28. The fourth-order valence-electron chi connectivity index (χ4n) is 3.45. The summed E-state index contributed by atoms with van der Waals surface area (Å²) in [5.74, 6) is -0.219. The fraction of sp³-hybridized carbons (Fsp3) is 0.952. The van der Waals surface area contributed by atoms with E-state index in [1.165, 1.54) is 83.5 Å². The molecule has 0 aliphatic rings. The van der Waals surface area contributed by atoms with Gasteiger partial charge in [-0.05, 0) is 12.3 Å². The smallest absolute Gasteiger partial charge is 0.303 e. The Morgan fingerprint density at radius 1 is 0.652 bits per heavy atom. The molecule has 0 aromatic carbocycles. The van der Waals surface area contributed by atoms with Crippen molar-refractivity contribution in [1.82, 2.24) is 0 Å². The Morgan fingerprint density at radius 2 is 1.09 bits per heavy atom. The first kappa shape index (κ1) is 22.5. The van der Waals surface area contributed by atoms with Gasteiger partial charge in [-0.15, -0.1) is 0 Å². The Balaban J connectivity index is 3.27. The summed E-state index contributed by atoms with van der Waals surface area (Å²) in [5, 5.41) is 8.91. The van der Waals surface area contributed by atoms with Crippen molar-refractivity contribution in [3.8, 4) is 0 Å². The van der Waals surface area contributed by atoms with Crippen LogP contribution in [0.15, 0.2) is 0 Å². The predicted octanol–water partition coefficient (Wildman–Crippen LogP) is 7.36. The first-order chi connectivity index (χ1) is 11.2. The van der Waals surface area contributed by atoms with E-state index >= 15 is 0 Å². The molecule has 0 saturated carbocycles. The van der Waals surface area contributed by atoms with Crippen molar-refractivity contribution in [2.24, 2.45) is 5.92 Å². The van der Waals surface area contributed by atoms with Gasteiger partial charge in [-0.3, -0.25) is 4.79 Å². The molecule has 0 amide bonds. The van der Waals surface area contributed by atoms with Crippen molar-refractivity contribution in [2.75, 3.05) is 0 Å². The van der Waals surface area contributed by atoms with Crippen molar-refractivity contribution >= 4 is 5.97 Å². The fourth-order valence-corrected chi connectivity index (χ4v) is 3.45. The molecule has 0 rings (SSSR count). The van der Waals surface area contributed by atoms with Crippen LogP contribution >= 0.6 is 0 Å². The lowest BCUT2D eigenvalue weighted by atomic mass is 9.93. The minimum Gasteiger partial charge on any atom is -0.481 e. The summed E-state index contributed by atoms with van der Waals surface area (Å²) in [7, 11) is 0. The van der Waals surface area contributed by atoms with Gasteiger partial charge in [0.15, 0.2) is 0 Å². The molecule has 23 heavy (non-hydrogen) atoms. The third-order valence-corrected chi connectivity index (χ3v) is 4.88. The Morgan fingerprint density at radius 3 is 1.48 bits per heavy atom. The highest BCUT2D eigenvalue weighted by atomic mass is 16.4. The van der Waals surface area contributed by atoms with Gasteiger partial charge >= 0.3 is 5.97 Å². The standard InChI is InChI=1S/C21H42O2/c1-3-5-6-7-8-9-10-11-12-13-14-15-16-18-20(17-4-2)19-21(22)23/h20H,3-19H2,1-2H3,(H,22,23). The Labute approximate surface area is 145 Å². The first-order valence-corrected chi connectivity index (χ1v) is 10.4. The van der Waals surface area contributed by atoms with E-state index < -0.39 is 5.97 Å². The van der Waals surface area contributed by atoms with Gasteiger partial charge < -0.3 is 5.11 Å². The van der Waals surface area contributed by atoms with E-state index in [0.29, 0.717) is 12.3 Å². The second kappa shape index (κ2) is 17.8. The van der Waals surface area contributed by atoms with Crippen LogP contribution in [0.25, 0.3) is 0 Å². The minimum atomic E-state index is -0.627. The molecule has 0 fully saturated rings. The van der Waals surface area contributed by atoms with Gasteiger partial charge in [-0.25, -0.2) is 0 Å². The molecule has 0 spiro atoms. The van der Waals surface area contributed by atoms with Crippen LogP contribution in [-0.4, -0.2) is 11.1 Å². The Kier molecular flexibility index (Phi) is 17.4. The molecule has 0 aliphatic carbocycles. The number of rotatable bonds is 18. The normalized spacial score (nSPS) is 12.4. The molecule has 0 radical (unpaired) electrons. The summed E-state index contributed by atoms with van der Waals surface area (Å²) >= 11 is 0. The lowest BCUT2D eigenvalue weighted by molar-refractivity contribution is -0.138. The topological polar surface area (TPSA) is 37.3 Å². The second-order valence-electron chi connectivity index (χ2n) is 7.28. The molecule has 1 unspecified atom stereocenters. The average Bonchev–Trinajstić information content (AvgIpc) is 2.51. The molecule has 2 nitrogen and oxygen atoms in total. The third-order valence-electron chi connectivity index (χ3n) is 4.88. The molecule has 1 N–H and O–H groups in total. The summed E-state index contributed by atoms with van der Waals surface area (Å²) in [6, 6.07) is 0. The van der Waals surface area contributed by atoms with E-state index in [2.05, 4.69) is 13.8 Å². The number of carbonyl (C=O) groups is 1. The van der Waals surface area contributed by atoms with Crippen molar-refractivity contribution < 1.29 is 9.90 Å². The lowest BCUT2D eigenvalue weighted by Crippen LogP contribution is -2.07. The molecule has 0 aromatic heterocycles. The minimum absolute atomic E-state index is 0.367. The van der Waals surface area contributed by atoms with Gasteiger partial charge in [0.1, 0.15) is 0 Å². The zero-order valence-electron chi connectivity index (χ0n) is 16.0. The highest BCUT2D eigenvalue weighted by Crippen LogP contribution is 2.20. The molecule has 0 aliphatic heterocycles. The van der Waals surface area contributed by atoms with Gasteiger partial charge in [0.05, 0.1) is 0 Å². The molecule has 0 bridgehead atoms. The van der Waals surface area contributed by atoms with Crippen LogP contribution in [0.1, 0.15) is 123 Å². The Bertz CT molecular complexity index is 250. The van der Waals surface area contributed by atoms with E-state index in [1.54, 1.807) is 0 Å². The third kappa shape index (κ3) is 17.7. The van der Waals surface area contributed by atoms with Crippen LogP contribution in [0.5, 0.6) is 0 Å². The molecule has 138 valence electrons. The molecule has 0 saturated heterocycles. The summed E-state index contributed by atoms with van der Waals surface area (Å²) < 4.78 is 0. The molecule has 1 atom stereocenters. The highest BCUT2D eigenvalue weighted by molar-refractivity contribution is 5.66. The highest BCUT2D eigenvalue weighted by Gasteiger charge is 2.11. The number of hydrogen-bond acceptors (Lipinski definition) is 1. The maximum absolute atomic E-state index is 10.8. The van der Waals surface area contributed by atoms with Crippen molar-refractivity contribution in [1.29, 1.82) is 0 Å². The van der Waals surface area contributed by atoms with Gasteiger partial charge in [-0.1, -0.05) is 110 Å². The van der Waals surface area contributed by atoms with E-state index in [4.69, 9.17) is 5.11 Å². The van der Waals surface area contributed by atoms with Crippen LogP contribution in [-0.2, 0) is 4.79 Å².